The van der Waals surface area contributed by atoms with Gasteiger partial charge in [0, 0.05) is 42.9 Å². The molecule has 32 heavy (non-hydrogen) atoms. The van der Waals surface area contributed by atoms with Crippen LogP contribution in [0.5, 0.6) is 5.75 Å². The molecule has 0 saturated carbocycles. The normalized spacial score (nSPS) is 23.9. The Morgan fingerprint density at radius 3 is 2.88 bits per heavy atom. The Balaban J connectivity index is 1.23. The Morgan fingerprint density at radius 2 is 2.06 bits per heavy atom. The molecule has 0 spiro atoms. The molecule has 2 saturated heterocycles. The van der Waals surface area contributed by atoms with Gasteiger partial charge < -0.3 is 9.64 Å². The highest BCUT2D eigenvalue weighted by Gasteiger charge is 2.39. The van der Waals surface area contributed by atoms with Crippen molar-refractivity contribution >= 4 is 17.7 Å². The fourth-order valence-corrected chi connectivity index (χ4v) is 4.89. The molecular weight excluding hydrogens is 410 g/mol. The maximum atomic E-state index is 12.8. The predicted molar refractivity (Wildman–Crippen MR) is 115 cm³/mol. The maximum absolute atomic E-state index is 12.8. The Hall–Kier alpha value is -3.20. The van der Waals surface area contributed by atoms with Crippen LogP contribution in [0.1, 0.15) is 53.6 Å². The van der Waals surface area contributed by atoms with E-state index in [1.807, 2.05) is 24.5 Å². The van der Waals surface area contributed by atoms with Crippen LogP contribution in [0.2, 0.25) is 0 Å². The number of hydrogen-bond acceptors (Lipinski definition) is 6. The molecule has 0 bridgehead atoms. The van der Waals surface area contributed by atoms with Crippen molar-refractivity contribution in [2.75, 3.05) is 13.2 Å². The molecule has 2 fully saturated rings. The maximum Gasteiger partial charge on any atom is 0.255 e. The highest BCUT2D eigenvalue weighted by Crippen LogP contribution is 2.30. The van der Waals surface area contributed by atoms with Crippen LogP contribution in [0, 0.1) is 0 Å². The zero-order valence-electron chi connectivity index (χ0n) is 17.9. The number of ether oxygens (including phenoxy) is 1. The summed E-state index contributed by atoms with van der Waals surface area (Å²) in [5.41, 5.74) is 2.62. The highest BCUT2D eigenvalue weighted by molar-refractivity contribution is 6.05. The SMILES string of the molecule is O=C1CCC(N2Cc3cc(OCC4CCCCN4Cc4cn[nH]c4)ccc3C2=O)C(=O)N1. The van der Waals surface area contributed by atoms with Crippen LogP contribution in [-0.4, -0.2) is 63.0 Å². The molecule has 0 radical (unpaired) electrons. The molecule has 4 heterocycles. The summed E-state index contributed by atoms with van der Waals surface area (Å²) < 4.78 is 6.15. The first kappa shape index (κ1) is 20.7. The summed E-state index contributed by atoms with van der Waals surface area (Å²) in [5.74, 6) is -0.111. The fourth-order valence-electron chi connectivity index (χ4n) is 4.89. The zero-order chi connectivity index (χ0) is 22.1. The second-order valence-corrected chi connectivity index (χ2v) is 8.76. The Morgan fingerprint density at radius 1 is 1.16 bits per heavy atom. The number of amides is 3. The number of imide groups is 1. The average Bonchev–Trinajstić information content (AvgIpc) is 3.41. The van der Waals surface area contributed by atoms with Crippen molar-refractivity contribution < 1.29 is 19.1 Å². The molecule has 9 heteroatoms. The Bertz CT molecular complexity index is 1020. The fraction of sp³-hybridized carbons (Fsp3) is 0.478. The molecule has 5 rings (SSSR count). The first-order valence-electron chi connectivity index (χ1n) is 11.2. The summed E-state index contributed by atoms with van der Waals surface area (Å²) >= 11 is 0. The lowest BCUT2D eigenvalue weighted by Crippen LogP contribution is -2.52. The number of aromatic amines is 1. The van der Waals surface area contributed by atoms with E-state index in [1.54, 1.807) is 11.0 Å². The molecule has 3 aliphatic heterocycles. The molecular formula is C23H27N5O4. The number of hydrogen-bond donors (Lipinski definition) is 2. The zero-order valence-corrected chi connectivity index (χ0v) is 17.9. The molecule has 0 aliphatic carbocycles. The van der Waals surface area contributed by atoms with E-state index >= 15 is 0 Å². The number of carbonyl (C=O) groups is 3. The van der Waals surface area contributed by atoms with Gasteiger partial charge in [-0.2, -0.15) is 5.10 Å². The molecule has 168 valence electrons. The highest BCUT2D eigenvalue weighted by atomic mass is 16.5. The van der Waals surface area contributed by atoms with Crippen LogP contribution in [-0.2, 0) is 22.7 Å². The number of fused-ring (bicyclic) bond motifs is 1. The number of benzene rings is 1. The lowest BCUT2D eigenvalue weighted by molar-refractivity contribution is -0.136. The Kier molecular flexibility index (Phi) is 5.65. The summed E-state index contributed by atoms with van der Waals surface area (Å²) in [6.07, 6.45) is 7.87. The number of likely N-dealkylation sites (tertiary alicyclic amines) is 1. The smallest absolute Gasteiger partial charge is 0.255 e. The van der Waals surface area contributed by atoms with Gasteiger partial charge in [-0.1, -0.05) is 6.42 Å². The molecule has 1 aromatic carbocycles. The standard InChI is InChI=1S/C23H27N5O4/c29-21-7-6-20(22(30)26-21)28-13-16-9-18(4-5-19(16)23(28)31)32-14-17-3-1-2-8-27(17)12-15-10-24-25-11-15/h4-5,9-11,17,20H,1-3,6-8,12-14H2,(H,24,25)(H,26,29,30). The third-order valence-corrected chi connectivity index (χ3v) is 6.63. The van der Waals surface area contributed by atoms with Crippen LogP contribution in [0.15, 0.2) is 30.6 Å². The summed E-state index contributed by atoms with van der Waals surface area (Å²) in [7, 11) is 0. The topological polar surface area (TPSA) is 108 Å². The van der Waals surface area contributed by atoms with Gasteiger partial charge in [0.1, 0.15) is 18.4 Å². The third-order valence-electron chi connectivity index (χ3n) is 6.63. The Labute approximate surface area is 186 Å². The molecule has 2 unspecified atom stereocenters. The van der Waals surface area contributed by atoms with E-state index < -0.39 is 11.9 Å². The van der Waals surface area contributed by atoms with Crippen molar-refractivity contribution in [2.45, 2.75) is 57.3 Å². The van der Waals surface area contributed by atoms with Crippen molar-refractivity contribution in [1.82, 2.24) is 25.3 Å². The summed E-state index contributed by atoms with van der Waals surface area (Å²) in [6, 6.07) is 5.24. The van der Waals surface area contributed by atoms with Crippen molar-refractivity contribution in [1.29, 1.82) is 0 Å². The van der Waals surface area contributed by atoms with Gasteiger partial charge in [0.15, 0.2) is 0 Å². The summed E-state index contributed by atoms with van der Waals surface area (Å²) in [5, 5.41) is 9.24. The first-order valence-corrected chi connectivity index (χ1v) is 11.2. The number of rotatable bonds is 6. The van der Waals surface area contributed by atoms with Gasteiger partial charge in [-0.05, 0) is 49.6 Å². The monoisotopic (exact) mass is 437 g/mol. The molecule has 2 atom stereocenters. The van der Waals surface area contributed by atoms with Crippen LogP contribution in [0.3, 0.4) is 0 Å². The second-order valence-electron chi connectivity index (χ2n) is 8.76. The van der Waals surface area contributed by atoms with Gasteiger partial charge in [0.2, 0.25) is 11.8 Å². The number of H-pyrrole nitrogens is 1. The molecule has 9 nitrogen and oxygen atoms in total. The molecule has 2 aromatic rings. The quantitative estimate of drug-likeness (QED) is 0.665. The van der Waals surface area contributed by atoms with E-state index in [0.717, 1.165) is 30.8 Å². The predicted octanol–water partition coefficient (Wildman–Crippen LogP) is 1.60. The van der Waals surface area contributed by atoms with Crippen LogP contribution >= 0.6 is 0 Å². The lowest BCUT2D eigenvalue weighted by Gasteiger charge is -2.35. The van der Waals surface area contributed by atoms with Crippen LogP contribution in [0.25, 0.3) is 0 Å². The van der Waals surface area contributed by atoms with Crippen LogP contribution < -0.4 is 10.1 Å². The van der Waals surface area contributed by atoms with Gasteiger partial charge >= 0.3 is 0 Å². The number of carbonyl (C=O) groups excluding carboxylic acids is 3. The van der Waals surface area contributed by atoms with Gasteiger partial charge in [-0.3, -0.25) is 29.7 Å². The largest absolute Gasteiger partial charge is 0.492 e. The first-order chi connectivity index (χ1) is 15.6. The lowest BCUT2D eigenvalue weighted by atomic mass is 10.0. The number of aromatic nitrogens is 2. The molecule has 3 amide bonds. The number of piperidine rings is 2. The number of nitrogens with one attached hydrogen (secondary N) is 2. The summed E-state index contributed by atoms with van der Waals surface area (Å²) in [6.45, 7) is 2.83. The molecule has 1 aromatic heterocycles. The second kappa shape index (κ2) is 8.74. The van der Waals surface area contributed by atoms with Crippen molar-refractivity contribution in [3.63, 3.8) is 0 Å². The van der Waals surface area contributed by atoms with Crippen molar-refractivity contribution in [3.8, 4) is 5.75 Å². The van der Waals surface area contributed by atoms with E-state index in [0.29, 0.717) is 31.2 Å². The van der Waals surface area contributed by atoms with E-state index in [-0.39, 0.29) is 18.2 Å². The van der Waals surface area contributed by atoms with Crippen molar-refractivity contribution in [2.24, 2.45) is 0 Å². The minimum absolute atomic E-state index is 0.167. The van der Waals surface area contributed by atoms with Gasteiger partial charge in [0.05, 0.1) is 6.20 Å². The average molecular weight is 438 g/mol. The van der Waals surface area contributed by atoms with E-state index in [1.165, 1.54) is 18.4 Å². The third kappa shape index (κ3) is 4.12. The minimum Gasteiger partial charge on any atom is -0.492 e. The minimum atomic E-state index is -0.601. The number of nitrogens with zero attached hydrogens (tertiary/aromatic N) is 3. The van der Waals surface area contributed by atoms with Gasteiger partial charge in [-0.15, -0.1) is 0 Å². The van der Waals surface area contributed by atoms with Gasteiger partial charge in [0.25, 0.3) is 5.91 Å². The molecule has 2 N–H and O–H groups in total. The van der Waals surface area contributed by atoms with E-state index in [2.05, 4.69) is 20.4 Å². The van der Waals surface area contributed by atoms with Crippen LogP contribution in [0.4, 0.5) is 0 Å². The van der Waals surface area contributed by atoms with E-state index in [9.17, 15) is 14.4 Å². The summed E-state index contributed by atoms with van der Waals surface area (Å²) in [4.78, 5) is 40.5. The molecule has 3 aliphatic rings. The van der Waals surface area contributed by atoms with E-state index in [4.69, 9.17) is 4.74 Å². The van der Waals surface area contributed by atoms with Crippen molar-refractivity contribution in [3.05, 3.63) is 47.3 Å². The van der Waals surface area contributed by atoms with Gasteiger partial charge in [-0.25, -0.2) is 0 Å².